The van der Waals surface area contributed by atoms with Crippen LogP contribution in [0.5, 0.6) is 5.75 Å². The largest absolute Gasteiger partial charge is 0.489 e. The summed E-state index contributed by atoms with van der Waals surface area (Å²) in [6.07, 6.45) is 2.85. The van der Waals surface area contributed by atoms with Gasteiger partial charge in [0, 0.05) is 25.3 Å². The van der Waals surface area contributed by atoms with E-state index in [0.29, 0.717) is 27.4 Å². The molecule has 4 rings (SSSR count). The first kappa shape index (κ1) is 24.6. The smallest absolute Gasteiger partial charge is 0.266 e. The van der Waals surface area contributed by atoms with Crippen molar-refractivity contribution in [3.63, 3.8) is 0 Å². The van der Waals surface area contributed by atoms with E-state index in [4.69, 9.17) is 26.1 Å². The lowest BCUT2D eigenvalue weighted by Crippen LogP contribution is -2.36. The van der Waals surface area contributed by atoms with Crippen LogP contribution >= 0.6 is 23.4 Å². The summed E-state index contributed by atoms with van der Waals surface area (Å²) in [4.78, 5) is 22.4. The molecule has 2 aromatic rings. The Hall–Kier alpha value is -2.48. The number of ether oxygens (including phenoxy) is 2. The minimum Gasteiger partial charge on any atom is -0.489 e. The number of amides is 1. The van der Waals surface area contributed by atoms with Gasteiger partial charge in [-0.1, -0.05) is 24.6 Å². The fourth-order valence-corrected chi connectivity index (χ4v) is 4.99. The van der Waals surface area contributed by atoms with Crippen molar-refractivity contribution in [1.82, 2.24) is 4.90 Å². The van der Waals surface area contributed by atoms with Gasteiger partial charge < -0.3 is 14.4 Å². The lowest BCUT2D eigenvalue weighted by Gasteiger charge is -2.28. The minimum absolute atomic E-state index is 0.0489. The number of benzene rings is 2. The van der Waals surface area contributed by atoms with Crippen LogP contribution in [-0.4, -0.2) is 54.9 Å². The highest BCUT2D eigenvalue weighted by molar-refractivity contribution is 8.18. The molecular weight excluding hydrogens is 470 g/mol. The highest BCUT2D eigenvalue weighted by Gasteiger charge is 2.32. The van der Waals surface area contributed by atoms with Gasteiger partial charge in [-0.3, -0.25) is 9.69 Å². The molecule has 0 aromatic heterocycles. The van der Waals surface area contributed by atoms with E-state index in [0.717, 1.165) is 49.7 Å². The Labute approximate surface area is 210 Å². The quantitative estimate of drug-likeness (QED) is 0.439. The van der Waals surface area contributed by atoms with Gasteiger partial charge in [-0.2, -0.15) is 0 Å². The molecule has 2 aliphatic heterocycles. The summed E-state index contributed by atoms with van der Waals surface area (Å²) >= 11 is 7.81. The summed E-state index contributed by atoms with van der Waals surface area (Å²) in [7, 11) is 0. The predicted molar refractivity (Wildman–Crippen MR) is 141 cm³/mol. The van der Waals surface area contributed by atoms with Crippen molar-refractivity contribution in [2.45, 2.75) is 33.3 Å². The number of hydrogen-bond donors (Lipinski definition) is 0. The van der Waals surface area contributed by atoms with E-state index in [2.05, 4.69) is 24.0 Å². The molecule has 0 aliphatic carbocycles. The SMILES string of the molecule is CC[C@@H](C)Oc1ccc(/C=C2\SC(=Nc3ccc(N4CCOCC4)cc3)N(CC)C2=O)cc1Cl. The van der Waals surface area contributed by atoms with E-state index in [9.17, 15) is 4.79 Å². The molecule has 2 aromatic carbocycles. The number of halogens is 1. The zero-order valence-corrected chi connectivity index (χ0v) is 21.4. The molecule has 0 N–H and O–H groups in total. The average molecular weight is 500 g/mol. The molecule has 0 radical (unpaired) electrons. The number of nitrogens with zero attached hydrogens (tertiary/aromatic N) is 3. The van der Waals surface area contributed by atoms with E-state index in [1.807, 2.05) is 50.3 Å². The van der Waals surface area contributed by atoms with E-state index in [-0.39, 0.29) is 12.0 Å². The monoisotopic (exact) mass is 499 g/mol. The second-order valence-electron chi connectivity index (χ2n) is 8.20. The first-order valence-electron chi connectivity index (χ1n) is 11.7. The standard InChI is InChI=1S/C26H30ClN3O3S/c1-4-18(3)33-23-11-6-19(16-22(23)27)17-24-25(31)30(5-2)26(34-24)28-20-7-9-21(10-8-20)29-12-14-32-15-13-29/h6-11,16-18H,4-5,12-15H2,1-3H3/b24-17-,28-26?/t18-/m1/s1. The number of hydrogen-bond acceptors (Lipinski definition) is 6. The zero-order valence-electron chi connectivity index (χ0n) is 19.8. The first-order valence-corrected chi connectivity index (χ1v) is 12.9. The Morgan fingerprint density at radius 3 is 2.56 bits per heavy atom. The maximum Gasteiger partial charge on any atom is 0.266 e. The number of rotatable bonds is 7. The van der Waals surface area contributed by atoms with Gasteiger partial charge in [-0.05, 0) is 80.1 Å². The Balaban J connectivity index is 1.51. The molecule has 1 atom stereocenters. The van der Waals surface area contributed by atoms with Gasteiger partial charge in [-0.25, -0.2) is 4.99 Å². The Bertz CT molecular complexity index is 1080. The third kappa shape index (κ3) is 5.77. The molecule has 2 aliphatic rings. The molecule has 8 heteroatoms. The molecule has 0 bridgehead atoms. The van der Waals surface area contributed by atoms with Crippen molar-refractivity contribution in [3.05, 3.63) is 58.0 Å². The molecule has 2 heterocycles. The van der Waals surface area contributed by atoms with Crippen molar-refractivity contribution in [2.75, 3.05) is 37.7 Å². The van der Waals surface area contributed by atoms with Gasteiger partial charge in [0.05, 0.1) is 34.9 Å². The third-order valence-electron chi connectivity index (χ3n) is 5.81. The van der Waals surface area contributed by atoms with Crippen molar-refractivity contribution in [2.24, 2.45) is 4.99 Å². The summed E-state index contributed by atoms with van der Waals surface area (Å²) in [6, 6.07) is 13.7. The summed E-state index contributed by atoms with van der Waals surface area (Å²) in [5.41, 5.74) is 2.83. The molecule has 1 amide bonds. The van der Waals surface area contributed by atoms with Crippen molar-refractivity contribution in [1.29, 1.82) is 0 Å². The molecule has 2 fully saturated rings. The fraction of sp³-hybridized carbons (Fsp3) is 0.385. The summed E-state index contributed by atoms with van der Waals surface area (Å²) in [6.45, 7) is 9.88. The topological polar surface area (TPSA) is 54.4 Å². The number of likely N-dealkylation sites (N-methyl/N-ethyl adjacent to an activating group) is 1. The number of aliphatic imine (C=N–C) groups is 1. The number of carbonyl (C=O) groups is 1. The van der Waals surface area contributed by atoms with Gasteiger partial charge >= 0.3 is 0 Å². The maximum atomic E-state index is 13.0. The molecule has 6 nitrogen and oxygen atoms in total. The highest BCUT2D eigenvalue weighted by atomic mass is 35.5. The van der Waals surface area contributed by atoms with Crippen LogP contribution in [0.4, 0.5) is 11.4 Å². The molecule has 0 saturated carbocycles. The van der Waals surface area contributed by atoms with E-state index >= 15 is 0 Å². The van der Waals surface area contributed by atoms with Gasteiger partial charge in [0.2, 0.25) is 0 Å². The molecule has 180 valence electrons. The zero-order chi connectivity index (χ0) is 24.1. The van der Waals surface area contributed by atoms with Gasteiger partial charge in [-0.15, -0.1) is 0 Å². The lowest BCUT2D eigenvalue weighted by atomic mass is 10.2. The van der Waals surface area contributed by atoms with Crippen molar-refractivity contribution in [3.8, 4) is 5.75 Å². The van der Waals surface area contributed by atoms with E-state index < -0.39 is 0 Å². The summed E-state index contributed by atoms with van der Waals surface area (Å²) < 4.78 is 11.3. The van der Waals surface area contributed by atoms with Crippen LogP contribution in [0.3, 0.4) is 0 Å². The minimum atomic E-state index is -0.0489. The fourth-order valence-electron chi connectivity index (χ4n) is 3.69. The Morgan fingerprint density at radius 2 is 1.91 bits per heavy atom. The van der Waals surface area contributed by atoms with Gasteiger partial charge in [0.25, 0.3) is 5.91 Å². The van der Waals surface area contributed by atoms with Crippen molar-refractivity contribution >= 4 is 51.9 Å². The second kappa shape index (κ2) is 11.3. The van der Waals surface area contributed by atoms with Crippen LogP contribution in [0.15, 0.2) is 52.4 Å². The Morgan fingerprint density at radius 1 is 1.18 bits per heavy atom. The number of carbonyl (C=O) groups excluding carboxylic acids is 1. The summed E-state index contributed by atoms with van der Waals surface area (Å²) in [5, 5.41) is 1.22. The van der Waals surface area contributed by atoms with Crippen LogP contribution in [0.2, 0.25) is 5.02 Å². The van der Waals surface area contributed by atoms with Crippen LogP contribution in [0, 0.1) is 0 Å². The molecule has 34 heavy (non-hydrogen) atoms. The number of amidine groups is 1. The first-order chi connectivity index (χ1) is 16.5. The van der Waals surface area contributed by atoms with E-state index in [1.165, 1.54) is 11.8 Å². The van der Waals surface area contributed by atoms with Crippen LogP contribution in [0.1, 0.15) is 32.8 Å². The molecular formula is C26H30ClN3O3S. The molecule has 0 unspecified atom stereocenters. The van der Waals surface area contributed by atoms with Crippen LogP contribution < -0.4 is 9.64 Å². The van der Waals surface area contributed by atoms with E-state index in [1.54, 1.807) is 4.90 Å². The lowest BCUT2D eigenvalue weighted by molar-refractivity contribution is -0.122. The third-order valence-corrected chi connectivity index (χ3v) is 7.11. The van der Waals surface area contributed by atoms with Crippen LogP contribution in [-0.2, 0) is 9.53 Å². The summed E-state index contributed by atoms with van der Waals surface area (Å²) in [5.74, 6) is 0.605. The number of anilines is 1. The van der Waals surface area contributed by atoms with Gasteiger partial charge in [0.15, 0.2) is 5.17 Å². The van der Waals surface area contributed by atoms with Crippen molar-refractivity contribution < 1.29 is 14.3 Å². The number of morpholine rings is 1. The normalized spacial score (nSPS) is 19.8. The second-order valence-corrected chi connectivity index (χ2v) is 9.61. The average Bonchev–Trinajstić information content (AvgIpc) is 3.15. The van der Waals surface area contributed by atoms with Crippen LogP contribution in [0.25, 0.3) is 6.08 Å². The predicted octanol–water partition coefficient (Wildman–Crippen LogP) is 5.98. The Kier molecular flexibility index (Phi) is 8.19. The highest BCUT2D eigenvalue weighted by Crippen LogP contribution is 2.35. The number of thioether (sulfide) groups is 1. The maximum absolute atomic E-state index is 13.0. The molecule has 2 saturated heterocycles. The van der Waals surface area contributed by atoms with Gasteiger partial charge in [0.1, 0.15) is 5.75 Å². The molecule has 0 spiro atoms.